The fourth-order valence-electron chi connectivity index (χ4n) is 2.91. The van der Waals surface area contributed by atoms with Gasteiger partial charge in [-0.1, -0.05) is 6.07 Å². The van der Waals surface area contributed by atoms with E-state index in [-0.39, 0.29) is 12.2 Å². The molecule has 10 heteroatoms. The first-order chi connectivity index (χ1) is 12.2. The third-order valence-corrected chi connectivity index (χ3v) is 4.21. The molecule has 1 aliphatic heterocycles. The van der Waals surface area contributed by atoms with Crippen LogP contribution in [0.15, 0.2) is 24.3 Å². The number of hydrogen-bond acceptors (Lipinski definition) is 3. The third kappa shape index (κ3) is 4.06. The fraction of sp³-hybridized carbons (Fsp3) is 0.438. The van der Waals surface area contributed by atoms with E-state index in [1.165, 1.54) is 18.2 Å². The number of benzene rings is 1. The highest BCUT2D eigenvalue weighted by Crippen LogP contribution is 2.37. The van der Waals surface area contributed by atoms with Gasteiger partial charge in [0.15, 0.2) is 0 Å². The number of rotatable bonds is 5. The van der Waals surface area contributed by atoms with Gasteiger partial charge in [0.1, 0.15) is 18.4 Å². The van der Waals surface area contributed by atoms with Crippen molar-refractivity contribution in [2.24, 2.45) is 0 Å². The van der Waals surface area contributed by atoms with Crippen LogP contribution < -0.4 is 20.9 Å². The van der Waals surface area contributed by atoms with Crippen molar-refractivity contribution < 1.29 is 27.6 Å². The minimum Gasteiger partial charge on any atom is -0.351 e. The zero-order valence-electron chi connectivity index (χ0n) is 13.6. The Bertz CT molecular complexity index is 735. The van der Waals surface area contributed by atoms with E-state index in [1.54, 1.807) is 0 Å². The molecule has 3 N–H and O–H groups in total. The van der Waals surface area contributed by atoms with Crippen molar-refractivity contribution in [3.63, 3.8) is 0 Å². The van der Waals surface area contributed by atoms with Crippen LogP contribution in [-0.2, 0) is 9.59 Å². The van der Waals surface area contributed by atoms with Crippen molar-refractivity contribution >= 4 is 23.5 Å². The average Bonchev–Trinajstić information content (AvgIpc) is 2.97. The van der Waals surface area contributed by atoms with Crippen LogP contribution >= 0.6 is 0 Å². The van der Waals surface area contributed by atoms with E-state index in [1.807, 2.05) is 0 Å². The number of nitrogens with zero attached hydrogens (tertiary/aromatic N) is 1. The second-order valence-electron chi connectivity index (χ2n) is 6.34. The van der Waals surface area contributed by atoms with Crippen LogP contribution in [0, 0.1) is 5.82 Å². The van der Waals surface area contributed by atoms with Gasteiger partial charge in [0.25, 0.3) is 11.8 Å². The van der Waals surface area contributed by atoms with Crippen LogP contribution in [0.2, 0.25) is 0 Å². The summed E-state index contributed by atoms with van der Waals surface area (Å²) in [5.74, 6) is -4.63. The smallest absolute Gasteiger partial charge is 0.315 e. The number of halogens is 3. The second-order valence-corrected chi connectivity index (χ2v) is 6.34. The average molecular weight is 370 g/mol. The molecule has 1 saturated heterocycles. The molecule has 3 rings (SSSR count). The number of carbonyl (C=O) groups is 3. The normalized spacial score (nSPS) is 21.3. The molecule has 0 radical (unpaired) electrons. The molecular formula is C16H17F3N4O3. The van der Waals surface area contributed by atoms with E-state index >= 15 is 0 Å². The first kappa shape index (κ1) is 18.0. The Kier molecular flexibility index (Phi) is 4.75. The summed E-state index contributed by atoms with van der Waals surface area (Å²) >= 11 is 0. The number of urea groups is 1. The molecule has 1 aromatic rings. The lowest BCUT2D eigenvalue weighted by Gasteiger charge is -2.36. The summed E-state index contributed by atoms with van der Waals surface area (Å²) in [5, 5.41) is 7.26. The van der Waals surface area contributed by atoms with Crippen LogP contribution in [0.5, 0.6) is 0 Å². The Morgan fingerprint density at radius 2 is 2.04 bits per heavy atom. The molecule has 1 saturated carbocycles. The Labute approximate surface area is 146 Å². The van der Waals surface area contributed by atoms with Crippen molar-refractivity contribution in [3.05, 3.63) is 30.1 Å². The first-order valence-electron chi connectivity index (χ1n) is 8.02. The van der Waals surface area contributed by atoms with Gasteiger partial charge in [-0.15, -0.1) is 0 Å². The lowest BCUT2D eigenvalue weighted by molar-refractivity contribution is -0.130. The SMILES string of the molecule is O=C(CN(C(=O)C1CNC(=O)N1)c1cccc(F)c1)NC1CC(F)(F)C1. The number of anilines is 1. The number of carbonyl (C=O) groups excluding carboxylic acids is 3. The van der Waals surface area contributed by atoms with E-state index in [0.717, 1.165) is 11.0 Å². The molecule has 4 amide bonds. The standard InChI is InChI=1S/C16H17F3N4O3/c17-9-2-1-3-11(4-9)23(14(25)12-7-20-15(26)22-12)8-13(24)21-10-5-16(18,19)6-10/h1-4,10,12H,5-8H2,(H,21,24)(H2,20,22,26). The monoisotopic (exact) mass is 370 g/mol. The van der Waals surface area contributed by atoms with Crippen molar-refractivity contribution in [1.29, 1.82) is 0 Å². The molecule has 140 valence electrons. The van der Waals surface area contributed by atoms with Gasteiger partial charge in [0.05, 0.1) is 0 Å². The van der Waals surface area contributed by atoms with Crippen molar-refractivity contribution in [2.45, 2.75) is 30.8 Å². The maximum atomic E-state index is 13.5. The Morgan fingerprint density at radius 3 is 2.62 bits per heavy atom. The van der Waals surface area contributed by atoms with E-state index < -0.39 is 61.1 Å². The Hall–Kier alpha value is -2.78. The number of alkyl halides is 2. The van der Waals surface area contributed by atoms with Gasteiger partial charge in [-0.3, -0.25) is 9.59 Å². The molecule has 0 spiro atoms. The molecule has 1 atom stereocenters. The second kappa shape index (κ2) is 6.85. The highest BCUT2D eigenvalue weighted by atomic mass is 19.3. The van der Waals surface area contributed by atoms with E-state index in [2.05, 4.69) is 16.0 Å². The number of nitrogens with one attached hydrogen (secondary N) is 3. The Balaban J connectivity index is 1.71. The van der Waals surface area contributed by atoms with Crippen molar-refractivity contribution in [3.8, 4) is 0 Å². The molecule has 1 heterocycles. The van der Waals surface area contributed by atoms with Crippen LogP contribution in [0.25, 0.3) is 0 Å². The summed E-state index contributed by atoms with van der Waals surface area (Å²) in [6, 6.07) is 2.98. The quantitative estimate of drug-likeness (QED) is 0.715. The highest BCUT2D eigenvalue weighted by molar-refractivity contribution is 6.04. The molecule has 2 aliphatic rings. The molecule has 1 aliphatic carbocycles. The summed E-state index contributed by atoms with van der Waals surface area (Å²) in [6.45, 7) is -0.448. The van der Waals surface area contributed by atoms with Crippen LogP contribution in [0.4, 0.5) is 23.7 Å². The van der Waals surface area contributed by atoms with E-state index in [0.29, 0.717) is 0 Å². The maximum absolute atomic E-state index is 13.5. The zero-order chi connectivity index (χ0) is 18.9. The topological polar surface area (TPSA) is 90.5 Å². The maximum Gasteiger partial charge on any atom is 0.315 e. The summed E-state index contributed by atoms with van der Waals surface area (Å²) < 4.78 is 39.3. The third-order valence-electron chi connectivity index (χ3n) is 4.21. The van der Waals surface area contributed by atoms with Crippen LogP contribution in [0.1, 0.15) is 12.8 Å². The highest BCUT2D eigenvalue weighted by Gasteiger charge is 2.46. The molecule has 1 aromatic carbocycles. The molecule has 26 heavy (non-hydrogen) atoms. The molecule has 1 unspecified atom stereocenters. The van der Waals surface area contributed by atoms with Gasteiger partial charge >= 0.3 is 6.03 Å². The lowest BCUT2D eigenvalue weighted by Crippen LogP contribution is -2.54. The van der Waals surface area contributed by atoms with Gasteiger partial charge in [0.2, 0.25) is 5.91 Å². The van der Waals surface area contributed by atoms with Crippen LogP contribution in [0.3, 0.4) is 0 Å². The van der Waals surface area contributed by atoms with Gasteiger partial charge < -0.3 is 20.9 Å². The largest absolute Gasteiger partial charge is 0.351 e. The van der Waals surface area contributed by atoms with E-state index in [9.17, 15) is 27.6 Å². The van der Waals surface area contributed by atoms with Gasteiger partial charge in [-0.25, -0.2) is 18.0 Å². The van der Waals surface area contributed by atoms with Gasteiger partial charge in [-0.2, -0.15) is 0 Å². The van der Waals surface area contributed by atoms with Crippen molar-refractivity contribution in [2.75, 3.05) is 18.0 Å². The molecular weight excluding hydrogens is 353 g/mol. The fourth-order valence-corrected chi connectivity index (χ4v) is 2.91. The van der Waals surface area contributed by atoms with Crippen molar-refractivity contribution in [1.82, 2.24) is 16.0 Å². The zero-order valence-corrected chi connectivity index (χ0v) is 13.6. The molecule has 7 nitrogen and oxygen atoms in total. The summed E-state index contributed by atoms with van der Waals surface area (Å²) in [7, 11) is 0. The summed E-state index contributed by atoms with van der Waals surface area (Å²) in [6.07, 6.45) is -0.898. The van der Waals surface area contributed by atoms with Gasteiger partial charge in [0, 0.05) is 31.1 Å². The number of hydrogen-bond donors (Lipinski definition) is 3. The predicted octanol–water partition coefficient (Wildman–Crippen LogP) is 0.754. The summed E-state index contributed by atoms with van der Waals surface area (Å²) in [4.78, 5) is 37.1. The Morgan fingerprint density at radius 1 is 1.31 bits per heavy atom. The minimum absolute atomic E-state index is 0.0277. The molecule has 2 fully saturated rings. The van der Waals surface area contributed by atoms with Crippen LogP contribution in [-0.4, -0.2) is 48.9 Å². The molecule has 0 bridgehead atoms. The van der Waals surface area contributed by atoms with E-state index in [4.69, 9.17) is 0 Å². The van der Waals surface area contributed by atoms with Gasteiger partial charge in [-0.05, 0) is 18.2 Å². The lowest BCUT2D eigenvalue weighted by atomic mass is 9.88. The predicted molar refractivity (Wildman–Crippen MR) is 85.2 cm³/mol. The number of amides is 4. The minimum atomic E-state index is -2.78. The molecule has 0 aromatic heterocycles. The summed E-state index contributed by atoms with van der Waals surface area (Å²) in [5.41, 5.74) is 0.130. The first-order valence-corrected chi connectivity index (χ1v) is 8.02.